The van der Waals surface area contributed by atoms with E-state index >= 15 is 0 Å². The summed E-state index contributed by atoms with van der Waals surface area (Å²) in [6, 6.07) is 2.67. The smallest absolute Gasteiger partial charge is 0.262 e. The van der Waals surface area contributed by atoms with Crippen LogP contribution in [0.25, 0.3) is 0 Å². The second-order valence-corrected chi connectivity index (χ2v) is 6.71. The lowest BCUT2D eigenvalue weighted by Crippen LogP contribution is -2.28. The van der Waals surface area contributed by atoms with Crippen LogP contribution in [0.15, 0.2) is 17.0 Å². The van der Waals surface area contributed by atoms with Gasteiger partial charge in [-0.3, -0.25) is 4.79 Å². The van der Waals surface area contributed by atoms with Crippen molar-refractivity contribution in [2.24, 2.45) is 0 Å². The highest BCUT2D eigenvalue weighted by molar-refractivity contribution is 7.89. The van der Waals surface area contributed by atoms with Gasteiger partial charge >= 0.3 is 0 Å². The van der Waals surface area contributed by atoms with E-state index < -0.39 is 10.0 Å². The van der Waals surface area contributed by atoms with Crippen molar-refractivity contribution >= 4 is 33.2 Å². The minimum absolute atomic E-state index is 0.0156. The van der Waals surface area contributed by atoms with Gasteiger partial charge in [-0.25, -0.2) is 13.1 Å². The zero-order chi connectivity index (χ0) is 16.2. The fourth-order valence-corrected chi connectivity index (χ4v) is 3.50. The minimum Gasteiger partial charge on any atom is -0.482 e. The molecule has 1 aromatic carbocycles. The van der Waals surface area contributed by atoms with E-state index in [9.17, 15) is 13.2 Å². The monoisotopic (exact) mass is 348 g/mol. The molecule has 0 saturated heterocycles. The van der Waals surface area contributed by atoms with Crippen LogP contribution in [0.5, 0.6) is 5.75 Å². The number of anilines is 1. The lowest BCUT2D eigenvalue weighted by Gasteiger charge is -2.19. The molecule has 1 amide bonds. The second kappa shape index (κ2) is 7.28. The average molecular weight is 349 g/mol. The first-order chi connectivity index (χ1) is 10.4. The Bertz CT molecular complexity index is 663. The van der Waals surface area contributed by atoms with Crippen molar-refractivity contribution in [3.05, 3.63) is 17.2 Å². The molecule has 7 nitrogen and oxygen atoms in total. The number of sulfonamides is 1. The Kier molecular flexibility index (Phi) is 5.63. The lowest BCUT2D eigenvalue weighted by molar-refractivity contribution is -0.118. The summed E-state index contributed by atoms with van der Waals surface area (Å²) >= 11 is 6.01. The third-order valence-corrected chi connectivity index (χ3v) is 4.84. The molecule has 122 valence electrons. The molecule has 0 atom stereocenters. The normalized spacial score (nSPS) is 14.2. The molecule has 22 heavy (non-hydrogen) atoms. The van der Waals surface area contributed by atoms with Crippen LogP contribution in [0.4, 0.5) is 5.69 Å². The number of nitrogens with one attached hydrogen (secondary N) is 2. The fraction of sp³-hybridized carbons (Fsp3) is 0.462. The molecule has 0 unspecified atom stereocenters. The van der Waals surface area contributed by atoms with E-state index in [1.807, 2.05) is 6.92 Å². The topological polar surface area (TPSA) is 93.7 Å². The van der Waals surface area contributed by atoms with Gasteiger partial charge in [0, 0.05) is 25.8 Å². The molecular weight excluding hydrogens is 332 g/mol. The SMILES string of the molecule is CCOCCCNS(=O)(=O)c1cc2c(cc1Cl)NC(=O)CO2. The molecule has 1 aromatic rings. The Balaban J connectivity index is 2.12. The van der Waals surface area contributed by atoms with Crippen LogP contribution in [-0.4, -0.2) is 40.7 Å². The van der Waals surface area contributed by atoms with Crippen LogP contribution in [0.1, 0.15) is 13.3 Å². The van der Waals surface area contributed by atoms with Gasteiger partial charge in [-0.05, 0) is 19.4 Å². The zero-order valence-corrected chi connectivity index (χ0v) is 13.6. The molecular formula is C13H17ClN2O5S. The third kappa shape index (κ3) is 4.10. The summed E-state index contributed by atoms with van der Waals surface area (Å²) in [4.78, 5) is 11.1. The lowest BCUT2D eigenvalue weighted by atomic mass is 10.2. The van der Waals surface area contributed by atoms with Gasteiger partial charge in [-0.2, -0.15) is 0 Å². The standard InChI is InChI=1S/C13H17ClN2O5S/c1-2-20-5-3-4-15-22(18,19)12-7-11-10(6-9(12)14)16-13(17)8-21-11/h6-7,15H,2-5,8H2,1H3,(H,16,17). The average Bonchev–Trinajstić information content (AvgIpc) is 2.46. The number of fused-ring (bicyclic) bond motifs is 1. The Labute approximate surface area is 134 Å². The fourth-order valence-electron chi connectivity index (χ4n) is 1.89. The molecule has 0 fully saturated rings. The first kappa shape index (κ1) is 17.0. The van der Waals surface area contributed by atoms with Gasteiger partial charge in [-0.1, -0.05) is 11.6 Å². The van der Waals surface area contributed by atoms with Crippen molar-refractivity contribution < 1.29 is 22.7 Å². The second-order valence-electron chi connectivity index (χ2n) is 4.56. The number of hydrogen-bond donors (Lipinski definition) is 2. The highest BCUT2D eigenvalue weighted by atomic mass is 35.5. The van der Waals surface area contributed by atoms with Gasteiger partial charge in [0.15, 0.2) is 6.61 Å². The maximum absolute atomic E-state index is 12.3. The molecule has 0 radical (unpaired) electrons. The van der Waals surface area contributed by atoms with Gasteiger partial charge in [0.25, 0.3) is 5.91 Å². The van der Waals surface area contributed by atoms with Crippen LogP contribution >= 0.6 is 11.6 Å². The zero-order valence-electron chi connectivity index (χ0n) is 12.0. The van der Waals surface area contributed by atoms with Gasteiger partial charge in [0.2, 0.25) is 10.0 Å². The van der Waals surface area contributed by atoms with Crippen LogP contribution in [0.2, 0.25) is 5.02 Å². The number of hydrogen-bond acceptors (Lipinski definition) is 5. The number of rotatable bonds is 7. The summed E-state index contributed by atoms with van der Waals surface area (Å²) in [5, 5.41) is 2.58. The number of amides is 1. The molecule has 1 heterocycles. The van der Waals surface area contributed by atoms with E-state index in [0.29, 0.717) is 25.3 Å². The number of carbonyl (C=O) groups is 1. The molecule has 0 spiro atoms. The summed E-state index contributed by atoms with van der Waals surface area (Å²) in [5.41, 5.74) is 0.358. The third-order valence-electron chi connectivity index (χ3n) is 2.92. The van der Waals surface area contributed by atoms with Gasteiger partial charge in [0.05, 0.1) is 10.7 Å². The predicted octanol–water partition coefficient (Wildman–Crippen LogP) is 1.38. The van der Waals surface area contributed by atoms with E-state index in [4.69, 9.17) is 21.1 Å². The highest BCUT2D eigenvalue weighted by Gasteiger charge is 2.24. The quantitative estimate of drug-likeness (QED) is 0.726. The Hall–Kier alpha value is -1.35. The molecule has 1 aliphatic heterocycles. The van der Waals surface area contributed by atoms with E-state index in [0.717, 1.165) is 0 Å². The van der Waals surface area contributed by atoms with Gasteiger partial charge in [0.1, 0.15) is 10.6 Å². The van der Waals surface area contributed by atoms with Crippen molar-refractivity contribution in [3.8, 4) is 5.75 Å². The van der Waals surface area contributed by atoms with E-state index in [2.05, 4.69) is 10.0 Å². The maximum atomic E-state index is 12.3. The molecule has 0 saturated carbocycles. The molecule has 0 bridgehead atoms. The molecule has 1 aliphatic rings. The first-order valence-corrected chi connectivity index (χ1v) is 8.63. The highest BCUT2D eigenvalue weighted by Crippen LogP contribution is 2.35. The predicted molar refractivity (Wildman–Crippen MR) is 81.9 cm³/mol. The van der Waals surface area contributed by atoms with Crippen LogP contribution in [0.3, 0.4) is 0 Å². The minimum atomic E-state index is -3.76. The Morgan fingerprint density at radius 1 is 1.45 bits per heavy atom. The molecule has 9 heteroatoms. The molecule has 2 rings (SSSR count). The number of halogens is 1. The Morgan fingerprint density at radius 2 is 2.23 bits per heavy atom. The summed E-state index contributed by atoms with van der Waals surface area (Å²) in [5.74, 6) is -0.0353. The van der Waals surface area contributed by atoms with E-state index in [1.165, 1.54) is 12.1 Å². The van der Waals surface area contributed by atoms with Crippen molar-refractivity contribution in [1.29, 1.82) is 0 Å². The van der Waals surface area contributed by atoms with Gasteiger partial charge in [-0.15, -0.1) is 0 Å². The number of carbonyl (C=O) groups excluding carboxylic acids is 1. The van der Waals surface area contributed by atoms with Crippen molar-refractivity contribution in [2.45, 2.75) is 18.2 Å². The van der Waals surface area contributed by atoms with Gasteiger partial charge < -0.3 is 14.8 Å². The van der Waals surface area contributed by atoms with E-state index in [-0.39, 0.29) is 34.7 Å². The van der Waals surface area contributed by atoms with Crippen molar-refractivity contribution in [3.63, 3.8) is 0 Å². The molecule has 0 aromatic heterocycles. The Morgan fingerprint density at radius 3 is 2.95 bits per heavy atom. The summed E-state index contributed by atoms with van der Waals surface area (Å²) in [6.45, 7) is 3.03. The summed E-state index contributed by atoms with van der Waals surface area (Å²) in [6.07, 6.45) is 0.558. The number of benzene rings is 1. The molecule has 0 aliphatic carbocycles. The first-order valence-electron chi connectivity index (χ1n) is 6.77. The van der Waals surface area contributed by atoms with Crippen LogP contribution < -0.4 is 14.8 Å². The van der Waals surface area contributed by atoms with Crippen LogP contribution in [-0.2, 0) is 19.6 Å². The van der Waals surface area contributed by atoms with E-state index in [1.54, 1.807) is 0 Å². The van der Waals surface area contributed by atoms with Crippen molar-refractivity contribution in [2.75, 3.05) is 31.7 Å². The van der Waals surface area contributed by atoms with Crippen LogP contribution in [0, 0.1) is 0 Å². The maximum Gasteiger partial charge on any atom is 0.262 e. The number of ether oxygens (including phenoxy) is 2. The van der Waals surface area contributed by atoms with Crippen molar-refractivity contribution in [1.82, 2.24) is 4.72 Å². The summed E-state index contributed by atoms with van der Waals surface area (Å²) < 4.78 is 37.3. The molecule has 2 N–H and O–H groups in total. The summed E-state index contributed by atoms with van der Waals surface area (Å²) in [7, 11) is -3.76. The largest absolute Gasteiger partial charge is 0.482 e.